The van der Waals surface area contributed by atoms with Gasteiger partial charge in [0.05, 0.1) is 10.9 Å². The van der Waals surface area contributed by atoms with Gasteiger partial charge in [0.1, 0.15) is 5.75 Å². The molecule has 2 rings (SSSR count). The highest BCUT2D eigenvalue weighted by Crippen LogP contribution is 2.31. The van der Waals surface area contributed by atoms with Gasteiger partial charge in [-0.25, -0.2) is 0 Å². The van der Waals surface area contributed by atoms with E-state index in [1.807, 2.05) is 0 Å². The predicted octanol–water partition coefficient (Wildman–Crippen LogP) is 2.12. The average Bonchev–Trinajstić information content (AvgIpc) is 2.24. The molecule has 0 fully saturated rings. The van der Waals surface area contributed by atoms with Crippen LogP contribution in [0.15, 0.2) is 36.7 Å². The van der Waals surface area contributed by atoms with E-state index in [9.17, 15) is 14.7 Å². The van der Waals surface area contributed by atoms with Crippen molar-refractivity contribution < 1.29 is 5.11 Å². The van der Waals surface area contributed by atoms with Crippen molar-refractivity contribution in [3.8, 4) is 5.75 Å². The number of fused-ring (bicyclic) bond motifs is 1. The number of aromatic nitrogens is 1. The van der Waals surface area contributed by atoms with Gasteiger partial charge in [-0.05, 0) is 28.1 Å². The summed E-state index contributed by atoms with van der Waals surface area (Å²) < 4.78 is 1.31. The maximum atomic E-state index is 11.3. The molecule has 1 aromatic carbocycles. The quantitative estimate of drug-likeness (QED) is 0.718. The molecule has 2 N–H and O–H groups in total. The molecule has 6 heteroatoms. The van der Waals surface area contributed by atoms with Gasteiger partial charge in [-0.2, -0.15) is 0 Å². The lowest BCUT2D eigenvalue weighted by atomic mass is 10.2. The van der Waals surface area contributed by atoms with E-state index in [1.54, 1.807) is 12.1 Å². The van der Waals surface area contributed by atoms with E-state index in [2.05, 4.69) is 36.8 Å². The molecule has 16 heavy (non-hydrogen) atoms. The molecule has 1 aromatic heterocycles. The van der Waals surface area contributed by atoms with Gasteiger partial charge in [-0.15, -0.1) is 0 Å². The normalized spacial score (nSPS) is 10.6. The fraction of sp³-hybridized carbons (Fsp3) is 0. The maximum absolute atomic E-state index is 11.3. The molecular formula is C10H5Br2NO3. The van der Waals surface area contributed by atoms with Crippen molar-refractivity contribution in [1.29, 1.82) is 0 Å². The molecule has 0 amide bonds. The molecule has 0 aliphatic rings. The summed E-state index contributed by atoms with van der Waals surface area (Å²) in [5.74, 6) is -0.238. The second-order valence-corrected chi connectivity index (χ2v) is 4.93. The van der Waals surface area contributed by atoms with Crippen LogP contribution >= 0.6 is 31.9 Å². The zero-order chi connectivity index (χ0) is 11.9. The van der Waals surface area contributed by atoms with Gasteiger partial charge in [0.15, 0.2) is 0 Å². The van der Waals surface area contributed by atoms with Gasteiger partial charge in [-0.1, -0.05) is 15.9 Å². The standard InChI is InChI=1S/C10H5Br2NO3/c11-4-1-5(12)9-6(2-4)13-10(16)8(15)3-7(9)14/h1-3,14H,(H,13,15,16). The van der Waals surface area contributed by atoms with Gasteiger partial charge in [0, 0.05) is 15.0 Å². The van der Waals surface area contributed by atoms with Crippen LogP contribution in [0.1, 0.15) is 0 Å². The molecule has 0 saturated heterocycles. The van der Waals surface area contributed by atoms with E-state index >= 15 is 0 Å². The topological polar surface area (TPSA) is 70.2 Å². The van der Waals surface area contributed by atoms with Gasteiger partial charge >= 0.3 is 0 Å². The molecular weight excluding hydrogens is 342 g/mol. The highest BCUT2D eigenvalue weighted by Gasteiger charge is 2.07. The smallest absolute Gasteiger partial charge is 0.296 e. The summed E-state index contributed by atoms with van der Waals surface area (Å²) in [5.41, 5.74) is -1.17. The zero-order valence-corrected chi connectivity index (χ0v) is 10.9. The molecule has 1 heterocycles. The van der Waals surface area contributed by atoms with Crippen molar-refractivity contribution in [2.45, 2.75) is 0 Å². The number of benzene rings is 1. The Morgan fingerprint density at radius 3 is 2.50 bits per heavy atom. The SMILES string of the molecule is O=c1cc(O)c2c(Br)cc(Br)cc2[nH]c1=O. The second-order valence-electron chi connectivity index (χ2n) is 3.16. The third-order valence-corrected chi connectivity index (χ3v) is 3.13. The third-order valence-electron chi connectivity index (χ3n) is 2.05. The number of aromatic hydroxyl groups is 1. The lowest BCUT2D eigenvalue weighted by Gasteiger charge is -1.99. The summed E-state index contributed by atoms with van der Waals surface area (Å²) in [6.45, 7) is 0. The molecule has 4 nitrogen and oxygen atoms in total. The molecule has 0 spiro atoms. The van der Waals surface area contributed by atoms with Crippen LogP contribution in [0, 0.1) is 0 Å². The van der Waals surface area contributed by atoms with Crippen LogP contribution in [-0.4, -0.2) is 10.1 Å². The van der Waals surface area contributed by atoms with Crippen molar-refractivity contribution in [2.75, 3.05) is 0 Å². The Kier molecular flexibility index (Phi) is 2.86. The molecule has 2 aromatic rings. The molecule has 0 bridgehead atoms. The first-order chi connectivity index (χ1) is 7.49. The van der Waals surface area contributed by atoms with Crippen LogP contribution in [0.25, 0.3) is 10.9 Å². The van der Waals surface area contributed by atoms with Crippen LogP contribution < -0.4 is 11.0 Å². The Labute approximate surface area is 106 Å². The zero-order valence-electron chi connectivity index (χ0n) is 7.75. The number of H-pyrrole nitrogens is 1. The van der Waals surface area contributed by atoms with Crippen molar-refractivity contribution in [3.63, 3.8) is 0 Å². The molecule has 0 atom stereocenters. The Morgan fingerprint density at radius 2 is 1.81 bits per heavy atom. The minimum Gasteiger partial charge on any atom is -0.507 e. The highest BCUT2D eigenvalue weighted by atomic mass is 79.9. The van der Waals surface area contributed by atoms with E-state index in [1.165, 1.54) is 0 Å². The number of hydrogen-bond donors (Lipinski definition) is 2. The summed E-state index contributed by atoms with van der Waals surface area (Å²) in [6, 6.07) is 4.23. The first-order valence-electron chi connectivity index (χ1n) is 4.24. The van der Waals surface area contributed by atoms with Crippen LogP contribution in [-0.2, 0) is 0 Å². The Morgan fingerprint density at radius 1 is 1.12 bits per heavy atom. The van der Waals surface area contributed by atoms with Gasteiger partial charge in [0.25, 0.3) is 5.56 Å². The molecule has 0 aliphatic carbocycles. The van der Waals surface area contributed by atoms with Crippen LogP contribution in [0.2, 0.25) is 0 Å². The maximum Gasteiger partial charge on any atom is 0.296 e. The molecule has 0 radical (unpaired) electrons. The lowest BCUT2D eigenvalue weighted by molar-refractivity contribution is 0.481. The summed E-state index contributed by atoms with van der Waals surface area (Å²) >= 11 is 6.51. The number of aromatic amines is 1. The van der Waals surface area contributed by atoms with Crippen molar-refractivity contribution in [3.05, 3.63) is 47.7 Å². The Balaban J connectivity index is 3.16. The van der Waals surface area contributed by atoms with E-state index in [-0.39, 0.29) is 5.75 Å². The lowest BCUT2D eigenvalue weighted by Crippen LogP contribution is -2.22. The van der Waals surface area contributed by atoms with Gasteiger partial charge in [0.2, 0.25) is 5.43 Å². The fourth-order valence-electron chi connectivity index (χ4n) is 1.38. The summed E-state index contributed by atoms with van der Waals surface area (Å²) in [7, 11) is 0. The summed E-state index contributed by atoms with van der Waals surface area (Å²) in [6.07, 6.45) is 0. The second kappa shape index (κ2) is 4.03. The third kappa shape index (κ3) is 1.90. The van der Waals surface area contributed by atoms with Gasteiger partial charge < -0.3 is 10.1 Å². The minimum atomic E-state index is -0.781. The Bertz CT molecular complexity index is 694. The van der Waals surface area contributed by atoms with Crippen LogP contribution in [0.5, 0.6) is 5.75 Å². The highest BCUT2D eigenvalue weighted by molar-refractivity contribution is 9.11. The Hall–Kier alpha value is -1.14. The van der Waals surface area contributed by atoms with E-state index in [0.29, 0.717) is 15.4 Å². The van der Waals surface area contributed by atoms with Crippen molar-refractivity contribution in [2.24, 2.45) is 0 Å². The van der Waals surface area contributed by atoms with E-state index < -0.39 is 11.0 Å². The minimum absolute atomic E-state index is 0.238. The number of hydrogen-bond acceptors (Lipinski definition) is 3. The van der Waals surface area contributed by atoms with Crippen molar-refractivity contribution in [1.82, 2.24) is 4.98 Å². The number of nitrogens with one attached hydrogen (secondary N) is 1. The molecule has 0 unspecified atom stereocenters. The monoisotopic (exact) mass is 345 g/mol. The number of halogens is 2. The summed E-state index contributed by atoms with van der Waals surface area (Å²) in [5, 5.41) is 10.1. The van der Waals surface area contributed by atoms with Crippen LogP contribution in [0.4, 0.5) is 0 Å². The molecule has 82 valence electrons. The number of rotatable bonds is 0. The average molecular weight is 347 g/mol. The molecule has 0 aliphatic heterocycles. The first kappa shape index (κ1) is 11.3. The first-order valence-corrected chi connectivity index (χ1v) is 5.83. The summed E-state index contributed by atoms with van der Waals surface area (Å²) in [4.78, 5) is 24.9. The predicted molar refractivity (Wildman–Crippen MR) is 67.9 cm³/mol. The van der Waals surface area contributed by atoms with Crippen molar-refractivity contribution >= 4 is 42.8 Å². The largest absolute Gasteiger partial charge is 0.507 e. The fourth-order valence-corrected chi connectivity index (χ4v) is 2.81. The van der Waals surface area contributed by atoms with Crippen LogP contribution in [0.3, 0.4) is 0 Å². The van der Waals surface area contributed by atoms with E-state index in [0.717, 1.165) is 10.5 Å². The van der Waals surface area contributed by atoms with Gasteiger partial charge in [-0.3, -0.25) is 9.59 Å². The van der Waals surface area contributed by atoms with E-state index in [4.69, 9.17) is 0 Å². The molecule has 0 saturated carbocycles.